The van der Waals surface area contributed by atoms with Crippen LogP contribution in [0.4, 0.5) is 0 Å². The number of hydrogen-bond acceptors (Lipinski definition) is 0. The van der Waals surface area contributed by atoms with Crippen LogP contribution in [-0.4, -0.2) is 0 Å². The summed E-state index contributed by atoms with van der Waals surface area (Å²) in [5.74, 6) is 0. The zero-order valence-corrected chi connectivity index (χ0v) is 18.3. The monoisotopic (exact) mass is 558 g/mol. The zero-order chi connectivity index (χ0) is 17.9. The SMILES string of the molecule is Ic1ccc(-c2ccccc2)c(-c2cc(I)ccc2-c2ccccc2)c1. The lowest BCUT2D eigenvalue weighted by molar-refractivity contribution is 1.53. The summed E-state index contributed by atoms with van der Waals surface area (Å²) in [4.78, 5) is 0. The molecule has 0 saturated heterocycles. The first-order valence-electron chi connectivity index (χ1n) is 8.43. The van der Waals surface area contributed by atoms with E-state index in [2.05, 4.69) is 142 Å². The molecule has 0 nitrogen and oxygen atoms in total. The summed E-state index contributed by atoms with van der Waals surface area (Å²) in [5.41, 5.74) is 7.59. The van der Waals surface area contributed by atoms with Crippen molar-refractivity contribution in [2.75, 3.05) is 0 Å². The highest BCUT2D eigenvalue weighted by molar-refractivity contribution is 14.1. The highest BCUT2D eigenvalue weighted by atomic mass is 127. The summed E-state index contributed by atoms with van der Waals surface area (Å²) >= 11 is 4.80. The van der Waals surface area contributed by atoms with Gasteiger partial charge in [0.2, 0.25) is 0 Å². The molecule has 0 bridgehead atoms. The van der Waals surface area contributed by atoms with Gasteiger partial charge in [0.15, 0.2) is 0 Å². The van der Waals surface area contributed by atoms with Crippen molar-refractivity contribution in [3.05, 3.63) is 104 Å². The Morgan fingerprint density at radius 1 is 0.385 bits per heavy atom. The Hall–Kier alpha value is -1.66. The van der Waals surface area contributed by atoms with Crippen LogP contribution in [0.15, 0.2) is 97.1 Å². The van der Waals surface area contributed by atoms with Crippen molar-refractivity contribution >= 4 is 45.2 Å². The lowest BCUT2D eigenvalue weighted by Crippen LogP contribution is -1.91. The molecule has 0 aromatic heterocycles. The minimum atomic E-state index is 1.25. The molecule has 2 heteroatoms. The number of rotatable bonds is 3. The molecule has 0 aliphatic heterocycles. The normalized spacial score (nSPS) is 10.7. The molecule has 0 atom stereocenters. The van der Waals surface area contributed by atoms with Crippen molar-refractivity contribution in [1.82, 2.24) is 0 Å². The third kappa shape index (κ3) is 3.71. The van der Waals surface area contributed by atoms with Gasteiger partial charge in [-0.1, -0.05) is 72.8 Å². The number of hydrogen-bond donors (Lipinski definition) is 0. The van der Waals surface area contributed by atoms with Gasteiger partial charge >= 0.3 is 0 Å². The zero-order valence-electron chi connectivity index (χ0n) is 14.0. The standard InChI is InChI=1S/C24H16I2/c25-19-11-13-21(17-7-3-1-4-8-17)23(15-19)24-16-20(26)12-14-22(24)18-9-5-2-6-10-18/h1-16H. The second kappa shape index (κ2) is 7.92. The van der Waals surface area contributed by atoms with Gasteiger partial charge < -0.3 is 0 Å². The van der Waals surface area contributed by atoms with E-state index in [1.165, 1.54) is 40.5 Å². The quantitative estimate of drug-likeness (QED) is 0.225. The van der Waals surface area contributed by atoms with Gasteiger partial charge in [-0.2, -0.15) is 0 Å². The topological polar surface area (TPSA) is 0 Å². The van der Waals surface area contributed by atoms with E-state index in [1.807, 2.05) is 0 Å². The second-order valence-corrected chi connectivity index (χ2v) is 8.60. The van der Waals surface area contributed by atoms with Crippen LogP contribution < -0.4 is 0 Å². The molecule has 0 heterocycles. The van der Waals surface area contributed by atoms with Gasteiger partial charge in [-0.15, -0.1) is 0 Å². The van der Waals surface area contributed by atoms with Crippen LogP contribution in [0.25, 0.3) is 33.4 Å². The Morgan fingerprint density at radius 2 is 0.769 bits per heavy atom. The molecule has 0 amide bonds. The second-order valence-electron chi connectivity index (χ2n) is 6.11. The van der Waals surface area contributed by atoms with E-state index in [-0.39, 0.29) is 0 Å². The van der Waals surface area contributed by atoms with Crippen LogP contribution in [-0.2, 0) is 0 Å². The Morgan fingerprint density at radius 3 is 1.15 bits per heavy atom. The minimum absolute atomic E-state index is 1.25. The molecule has 4 aromatic carbocycles. The Labute approximate surface area is 181 Å². The third-order valence-electron chi connectivity index (χ3n) is 4.42. The molecule has 0 aliphatic carbocycles. The van der Waals surface area contributed by atoms with Gasteiger partial charge in [-0.05, 0) is 103 Å². The van der Waals surface area contributed by atoms with Gasteiger partial charge in [0.05, 0.1) is 0 Å². The van der Waals surface area contributed by atoms with E-state index >= 15 is 0 Å². The van der Waals surface area contributed by atoms with Gasteiger partial charge in [0, 0.05) is 7.14 Å². The van der Waals surface area contributed by atoms with Gasteiger partial charge in [-0.3, -0.25) is 0 Å². The van der Waals surface area contributed by atoms with Crippen molar-refractivity contribution in [2.45, 2.75) is 0 Å². The van der Waals surface area contributed by atoms with Crippen LogP contribution >= 0.6 is 45.2 Å². The first-order chi connectivity index (χ1) is 12.7. The fourth-order valence-corrected chi connectivity index (χ4v) is 4.20. The van der Waals surface area contributed by atoms with Crippen molar-refractivity contribution in [1.29, 1.82) is 0 Å². The maximum Gasteiger partial charge on any atom is 0.0136 e. The summed E-state index contributed by atoms with van der Waals surface area (Å²) in [6.45, 7) is 0. The molecule has 0 fully saturated rings. The first-order valence-corrected chi connectivity index (χ1v) is 10.6. The molecule has 26 heavy (non-hydrogen) atoms. The molecular weight excluding hydrogens is 542 g/mol. The van der Waals surface area contributed by atoms with E-state index in [0.29, 0.717) is 0 Å². The molecule has 0 unspecified atom stereocenters. The van der Waals surface area contributed by atoms with Crippen molar-refractivity contribution in [2.24, 2.45) is 0 Å². The van der Waals surface area contributed by atoms with Gasteiger partial charge in [-0.25, -0.2) is 0 Å². The van der Waals surface area contributed by atoms with E-state index in [1.54, 1.807) is 0 Å². The van der Waals surface area contributed by atoms with Crippen molar-refractivity contribution < 1.29 is 0 Å². The molecular formula is C24H16I2. The Kier molecular flexibility index (Phi) is 5.41. The molecule has 4 aromatic rings. The number of halogens is 2. The minimum Gasteiger partial charge on any atom is -0.0622 e. The predicted octanol–water partition coefficient (Wildman–Crippen LogP) is 7.90. The van der Waals surface area contributed by atoms with Crippen LogP contribution in [0.1, 0.15) is 0 Å². The Bertz CT molecular complexity index is 951. The third-order valence-corrected chi connectivity index (χ3v) is 5.76. The molecule has 0 N–H and O–H groups in total. The lowest BCUT2D eigenvalue weighted by Gasteiger charge is -2.16. The number of benzene rings is 4. The molecule has 0 spiro atoms. The smallest absolute Gasteiger partial charge is 0.0136 e. The van der Waals surface area contributed by atoms with E-state index < -0.39 is 0 Å². The summed E-state index contributed by atoms with van der Waals surface area (Å²) in [7, 11) is 0. The average molecular weight is 558 g/mol. The summed E-state index contributed by atoms with van der Waals surface area (Å²) in [6, 6.07) is 34.7. The molecule has 0 aliphatic rings. The van der Waals surface area contributed by atoms with Crippen LogP contribution in [0.5, 0.6) is 0 Å². The maximum atomic E-state index is 2.40. The first kappa shape index (κ1) is 17.7. The maximum absolute atomic E-state index is 2.40. The van der Waals surface area contributed by atoms with E-state index in [0.717, 1.165) is 0 Å². The highest BCUT2D eigenvalue weighted by Crippen LogP contribution is 2.39. The van der Waals surface area contributed by atoms with Crippen LogP contribution in [0, 0.1) is 7.14 Å². The molecule has 0 saturated carbocycles. The summed E-state index contributed by atoms with van der Waals surface area (Å²) < 4.78 is 2.49. The van der Waals surface area contributed by atoms with Crippen molar-refractivity contribution in [3.63, 3.8) is 0 Å². The summed E-state index contributed by atoms with van der Waals surface area (Å²) in [5, 5.41) is 0. The molecule has 0 radical (unpaired) electrons. The van der Waals surface area contributed by atoms with Crippen LogP contribution in [0.3, 0.4) is 0 Å². The average Bonchev–Trinajstić information content (AvgIpc) is 2.69. The van der Waals surface area contributed by atoms with Gasteiger partial charge in [0.25, 0.3) is 0 Å². The summed E-state index contributed by atoms with van der Waals surface area (Å²) in [6.07, 6.45) is 0. The molecule has 126 valence electrons. The lowest BCUT2D eigenvalue weighted by atomic mass is 9.89. The fraction of sp³-hybridized carbons (Fsp3) is 0. The van der Waals surface area contributed by atoms with E-state index in [4.69, 9.17) is 0 Å². The predicted molar refractivity (Wildman–Crippen MR) is 128 cm³/mol. The fourth-order valence-electron chi connectivity index (χ4n) is 3.22. The van der Waals surface area contributed by atoms with Crippen molar-refractivity contribution in [3.8, 4) is 33.4 Å². The van der Waals surface area contributed by atoms with Crippen LogP contribution in [0.2, 0.25) is 0 Å². The van der Waals surface area contributed by atoms with Gasteiger partial charge in [0.1, 0.15) is 0 Å². The Balaban J connectivity index is 2.00. The molecule has 4 rings (SSSR count). The highest BCUT2D eigenvalue weighted by Gasteiger charge is 2.13. The van der Waals surface area contributed by atoms with E-state index in [9.17, 15) is 0 Å². The largest absolute Gasteiger partial charge is 0.0622 e.